The second-order valence-electron chi connectivity index (χ2n) is 2.67. The van der Waals surface area contributed by atoms with Gasteiger partial charge in [-0.05, 0) is 36.5 Å². The average Bonchev–Trinajstić information content (AvgIpc) is 2.29. The summed E-state index contributed by atoms with van der Waals surface area (Å²) in [5.41, 5.74) is 0.496. The first-order valence-electron chi connectivity index (χ1n) is 4.20. The van der Waals surface area contributed by atoms with Gasteiger partial charge in [0.15, 0.2) is 0 Å². The fraction of sp³-hybridized carbons (Fsp3) is 0.200. The maximum absolute atomic E-state index is 11.5. The highest BCUT2D eigenvalue weighted by atomic mass is 32.1. The highest BCUT2D eigenvalue weighted by molar-refractivity contribution is 7.80. The zero-order valence-electron chi connectivity index (χ0n) is 8.44. The lowest BCUT2D eigenvalue weighted by Crippen LogP contribution is -2.29. The molecule has 0 heterocycles. The number of carbonyl (C=O) groups excluding carboxylic acids is 1. The largest absolute Gasteiger partial charge is 0.497 e. The summed E-state index contributed by atoms with van der Waals surface area (Å²) in [5, 5.41) is 2.46. The standard InChI is InChI=1S/C10H11NO3S/c1-13-8-5-3-7(4-6-8)9(12)11-10(15)14-2/h3-6H,1-2H3,(H,11,12,15). The van der Waals surface area contributed by atoms with Crippen molar-refractivity contribution >= 4 is 23.3 Å². The molecule has 0 fully saturated rings. The third-order valence-corrected chi connectivity index (χ3v) is 2.02. The molecule has 0 unspecified atom stereocenters. The quantitative estimate of drug-likeness (QED) is 0.772. The molecule has 1 N–H and O–H groups in total. The van der Waals surface area contributed by atoms with Gasteiger partial charge >= 0.3 is 0 Å². The van der Waals surface area contributed by atoms with Crippen LogP contribution in [0.3, 0.4) is 0 Å². The van der Waals surface area contributed by atoms with Crippen LogP contribution in [0, 0.1) is 0 Å². The van der Waals surface area contributed by atoms with Crippen LogP contribution in [0.4, 0.5) is 0 Å². The molecule has 0 aliphatic heterocycles. The van der Waals surface area contributed by atoms with Crippen LogP contribution >= 0.6 is 12.2 Å². The van der Waals surface area contributed by atoms with Crippen molar-refractivity contribution in [2.45, 2.75) is 0 Å². The van der Waals surface area contributed by atoms with Gasteiger partial charge in [0.25, 0.3) is 11.1 Å². The van der Waals surface area contributed by atoms with Crippen molar-refractivity contribution in [2.75, 3.05) is 14.2 Å². The van der Waals surface area contributed by atoms with Crippen molar-refractivity contribution < 1.29 is 14.3 Å². The van der Waals surface area contributed by atoms with Crippen LogP contribution < -0.4 is 10.1 Å². The van der Waals surface area contributed by atoms with Crippen LogP contribution in [0.15, 0.2) is 24.3 Å². The molecule has 4 nitrogen and oxygen atoms in total. The van der Waals surface area contributed by atoms with Gasteiger partial charge in [0.2, 0.25) is 0 Å². The Hall–Kier alpha value is -1.62. The highest BCUT2D eigenvalue weighted by Gasteiger charge is 2.07. The summed E-state index contributed by atoms with van der Waals surface area (Å²) in [7, 11) is 2.96. The Morgan fingerprint density at radius 3 is 2.33 bits per heavy atom. The Labute approximate surface area is 93.2 Å². The first-order chi connectivity index (χ1) is 7.17. The predicted molar refractivity (Wildman–Crippen MR) is 60.1 cm³/mol. The molecule has 0 saturated carbocycles. The lowest BCUT2D eigenvalue weighted by molar-refractivity contribution is 0.0970. The number of benzene rings is 1. The van der Waals surface area contributed by atoms with E-state index in [1.165, 1.54) is 7.11 Å². The van der Waals surface area contributed by atoms with Gasteiger partial charge in [0.05, 0.1) is 14.2 Å². The van der Waals surface area contributed by atoms with E-state index in [9.17, 15) is 4.79 Å². The normalized spacial score (nSPS) is 9.20. The molecule has 1 aromatic carbocycles. The predicted octanol–water partition coefficient (Wildman–Crippen LogP) is 1.36. The number of nitrogens with one attached hydrogen (secondary N) is 1. The molecule has 1 amide bonds. The van der Waals surface area contributed by atoms with E-state index in [1.54, 1.807) is 31.4 Å². The Kier molecular flexibility index (Phi) is 4.05. The van der Waals surface area contributed by atoms with Crippen LogP contribution in [-0.4, -0.2) is 25.3 Å². The molecule has 1 aromatic rings. The molecule has 0 aromatic heterocycles. The molecule has 5 heteroatoms. The fourth-order valence-electron chi connectivity index (χ4n) is 0.958. The number of hydrogen-bond acceptors (Lipinski definition) is 4. The summed E-state index contributed by atoms with van der Waals surface area (Å²) < 4.78 is 9.63. The monoisotopic (exact) mass is 225 g/mol. The molecular formula is C10H11NO3S. The van der Waals surface area contributed by atoms with E-state index in [0.717, 1.165) is 0 Å². The van der Waals surface area contributed by atoms with Crippen molar-refractivity contribution in [3.8, 4) is 5.75 Å². The van der Waals surface area contributed by atoms with E-state index in [2.05, 4.69) is 10.1 Å². The molecule has 0 saturated heterocycles. The van der Waals surface area contributed by atoms with Crippen molar-refractivity contribution in [3.63, 3.8) is 0 Å². The highest BCUT2D eigenvalue weighted by Crippen LogP contribution is 2.10. The van der Waals surface area contributed by atoms with Gasteiger partial charge in [-0.25, -0.2) is 0 Å². The molecule has 0 spiro atoms. The first-order valence-corrected chi connectivity index (χ1v) is 4.61. The molecule has 0 radical (unpaired) electrons. The second-order valence-corrected chi connectivity index (χ2v) is 3.04. The molecule has 0 aliphatic rings. The minimum Gasteiger partial charge on any atom is -0.497 e. The van der Waals surface area contributed by atoms with Crippen LogP contribution in [0.1, 0.15) is 10.4 Å². The Balaban J connectivity index is 2.70. The molecule has 0 atom stereocenters. The van der Waals surface area contributed by atoms with Gasteiger partial charge in [-0.15, -0.1) is 0 Å². The van der Waals surface area contributed by atoms with Crippen LogP contribution in [0.2, 0.25) is 0 Å². The van der Waals surface area contributed by atoms with Gasteiger partial charge in [0, 0.05) is 5.56 Å². The van der Waals surface area contributed by atoms with E-state index in [1.807, 2.05) is 0 Å². The van der Waals surface area contributed by atoms with E-state index in [0.29, 0.717) is 11.3 Å². The van der Waals surface area contributed by atoms with E-state index in [4.69, 9.17) is 17.0 Å². The van der Waals surface area contributed by atoms with Gasteiger partial charge < -0.3 is 9.47 Å². The summed E-state index contributed by atoms with van der Waals surface area (Å²) in [4.78, 5) is 11.5. The van der Waals surface area contributed by atoms with Gasteiger partial charge in [-0.2, -0.15) is 0 Å². The molecule has 0 bridgehead atoms. The summed E-state index contributed by atoms with van der Waals surface area (Å²) in [5.74, 6) is 0.394. The third-order valence-electron chi connectivity index (χ3n) is 1.75. The number of rotatable bonds is 2. The van der Waals surface area contributed by atoms with E-state index in [-0.39, 0.29) is 11.1 Å². The maximum atomic E-state index is 11.5. The molecular weight excluding hydrogens is 214 g/mol. The van der Waals surface area contributed by atoms with E-state index >= 15 is 0 Å². The summed E-state index contributed by atoms with van der Waals surface area (Å²) in [6.07, 6.45) is 0. The number of ether oxygens (including phenoxy) is 2. The van der Waals surface area contributed by atoms with Crippen molar-refractivity contribution in [3.05, 3.63) is 29.8 Å². The van der Waals surface area contributed by atoms with Crippen LogP contribution in [0.5, 0.6) is 5.75 Å². The SMILES string of the molecule is COC(=S)NC(=O)c1ccc(OC)cc1. The summed E-state index contributed by atoms with van der Waals surface area (Å²) in [6.45, 7) is 0. The minimum absolute atomic E-state index is 0.0517. The summed E-state index contributed by atoms with van der Waals surface area (Å²) >= 11 is 4.70. The van der Waals surface area contributed by atoms with E-state index < -0.39 is 0 Å². The number of methoxy groups -OCH3 is 2. The van der Waals surface area contributed by atoms with Gasteiger partial charge in [0.1, 0.15) is 5.75 Å². The smallest absolute Gasteiger partial charge is 0.263 e. The Morgan fingerprint density at radius 1 is 1.27 bits per heavy atom. The average molecular weight is 225 g/mol. The number of carbonyl (C=O) groups is 1. The topological polar surface area (TPSA) is 47.6 Å². The molecule has 0 aliphatic carbocycles. The molecule has 80 valence electrons. The van der Waals surface area contributed by atoms with Gasteiger partial charge in [-0.1, -0.05) is 0 Å². The summed E-state index contributed by atoms with van der Waals surface area (Å²) in [6, 6.07) is 6.69. The number of amides is 1. The van der Waals surface area contributed by atoms with Crippen molar-refractivity contribution in [1.29, 1.82) is 0 Å². The van der Waals surface area contributed by atoms with Gasteiger partial charge in [-0.3, -0.25) is 10.1 Å². The minimum atomic E-state index is -0.301. The fourth-order valence-corrected chi connectivity index (χ4v) is 1.05. The zero-order valence-corrected chi connectivity index (χ0v) is 9.26. The molecule has 15 heavy (non-hydrogen) atoms. The third kappa shape index (κ3) is 3.21. The number of hydrogen-bond donors (Lipinski definition) is 1. The Morgan fingerprint density at radius 2 is 1.87 bits per heavy atom. The van der Waals surface area contributed by atoms with Crippen LogP contribution in [0.25, 0.3) is 0 Å². The molecule has 1 rings (SSSR count). The van der Waals surface area contributed by atoms with Crippen LogP contribution in [-0.2, 0) is 4.74 Å². The first kappa shape index (κ1) is 11.5. The lowest BCUT2D eigenvalue weighted by Gasteiger charge is -2.05. The lowest BCUT2D eigenvalue weighted by atomic mass is 10.2. The maximum Gasteiger partial charge on any atom is 0.263 e. The number of thiocarbonyl (C=S) groups is 1. The Bertz CT molecular complexity index is 361. The van der Waals surface area contributed by atoms with Crippen molar-refractivity contribution in [1.82, 2.24) is 5.32 Å². The zero-order chi connectivity index (χ0) is 11.3. The second kappa shape index (κ2) is 5.31. The van der Waals surface area contributed by atoms with Crippen molar-refractivity contribution in [2.24, 2.45) is 0 Å².